The van der Waals surface area contributed by atoms with Crippen LogP contribution in [-0.2, 0) is 0 Å². The van der Waals surface area contributed by atoms with Gasteiger partial charge in [-0.25, -0.2) is 4.98 Å². The summed E-state index contributed by atoms with van der Waals surface area (Å²) in [6.07, 6.45) is 1.40. The lowest BCUT2D eigenvalue weighted by Gasteiger charge is -2.09. The topological polar surface area (TPSA) is 74.5 Å². The second kappa shape index (κ2) is 6.44. The Hall–Kier alpha value is -2.29. The SMILES string of the molecule is O=[N+]([O-])c1ccc(Oc2ccc(Br)nc2)cc1OC(F)F. The van der Waals surface area contributed by atoms with E-state index in [0.717, 1.165) is 12.1 Å². The van der Waals surface area contributed by atoms with Gasteiger partial charge in [0.2, 0.25) is 5.75 Å². The monoisotopic (exact) mass is 360 g/mol. The molecule has 1 aromatic heterocycles. The molecule has 0 spiro atoms. The molecule has 0 N–H and O–H groups in total. The first-order valence-electron chi connectivity index (χ1n) is 5.48. The summed E-state index contributed by atoms with van der Waals surface area (Å²) in [7, 11) is 0. The molecule has 0 amide bonds. The number of halogens is 3. The van der Waals surface area contributed by atoms with Crippen LogP contribution in [0.2, 0.25) is 0 Å². The molecular formula is C12H7BrF2N2O4. The molecule has 0 atom stereocenters. The zero-order chi connectivity index (χ0) is 15.4. The van der Waals surface area contributed by atoms with Crippen LogP contribution in [0.4, 0.5) is 14.5 Å². The van der Waals surface area contributed by atoms with Gasteiger partial charge in [0, 0.05) is 12.1 Å². The van der Waals surface area contributed by atoms with E-state index in [0.29, 0.717) is 10.4 Å². The number of hydrogen-bond acceptors (Lipinski definition) is 5. The summed E-state index contributed by atoms with van der Waals surface area (Å²) in [4.78, 5) is 13.8. The number of nitro benzene ring substituents is 1. The molecule has 0 unspecified atom stereocenters. The lowest BCUT2D eigenvalue weighted by atomic mass is 10.3. The Morgan fingerprint density at radius 2 is 1.95 bits per heavy atom. The number of nitro groups is 1. The number of aromatic nitrogens is 1. The van der Waals surface area contributed by atoms with Crippen LogP contribution in [0.5, 0.6) is 17.2 Å². The zero-order valence-electron chi connectivity index (χ0n) is 10.2. The highest BCUT2D eigenvalue weighted by atomic mass is 79.9. The number of ether oxygens (including phenoxy) is 2. The van der Waals surface area contributed by atoms with Gasteiger partial charge in [-0.05, 0) is 34.1 Å². The maximum Gasteiger partial charge on any atom is 0.387 e. The van der Waals surface area contributed by atoms with Gasteiger partial charge in [0.15, 0.2) is 0 Å². The molecule has 0 bridgehead atoms. The van der Waals surface area contributed by atoms with Crippen molar-refractivity contribution in [1.82, 2.24) is 4.98 Å². The number of pyridine rings is 1. The molecule has 0 saturated carbocycles. The first-order chi connectivity index (χ1) is 9.95. The standard InChI is InChI=1S/C12H7BrF2N2O4/c13-11-4-2-8(6-16-11)20-7-1-3-9(17(18)19)10(5-7)21-12(14)15/h1-6,12H. The van der Waals surface area contributed by atoms with Crippen LogP contribution < -0.4 is 9.47 Å². The zero-order valence-corrected chi connectivity index (χ0v) is 11.8. The molecule has 110 valence electrons. The maximum absolute atomic E-state index is 12.3. The Morgan fingerprint density at radius 3 is 2.52 bits per heavy atom. The van der Waals surface area contributed by atoms with Crippen LogP contribution in [0.3, 0.4) is 0 Å². The van der Waals surface area contributed by atoms with Crippen molar-refractivity contribution in [1.29, 1.82) is 0 Å². The first kappa shape index (κ1) is 15.1. The summed E-state index contributed by atoms with van der Waals surface area (Å²) in [5.41, 5.74) is -0.573. The summed E-state index contributed by atoms with van der Waals surface area (Å²) < 4.78 is 34.6. The van der Waals surface area contributed by atoms with Gasteiger partial charge in [-0.3, -0.25) is 10.1 Å². The fraction of sp³-hybridized carbons (Fsp3) is 0.0833. The Bertz CT molecular complexity index is 652. The average Bonchev–Trinajstić information content (AvgIpc) is 2.40. The van der Waals surface area contributed by atoms with Crippen molar-refractivity contribution in [3.8, 4) is 17.2 Å². The van der Waals surface area contributed by atoms with Gasteiger partial charge in [-0.1, -0.05) is 0 Å². The number of benzene rings is 1. The molecule has 9 heteroatoms. The van der Waals surface area contributed by atoms with Gasteiger partial charge in [-0.15, -0.1) is 0 Å². The van der Waals surface area contributed by atoms with E-state index in [1.165, 1.54) is 12.3 Å². The average molecular weight is 361 g/mol. The van der Waals surface area contributed by atoms with Gasteiger partial charge in [0.05, 0.1) is 11.1 Å². The number of rotatable bonds is 5. The maximum atomic E-state index is 12.3. The minimum atomic E-state index is -3.17. The first-order valence-corrected chi connectivity index (χ1v) is 6.27. The van der Waals surface area contributed by atoms with Crippen LogP contribution >= 0.6 is 15.9 Å². The Morgan fingerprint density at radius 1 is 1.24 bits per heavy atom. The predicted molar refractivity (Wildman–Crippen MR) is 71.7 cm³/mol. The lowest BCUT2D eigenvalue weighted by molar-refractivity contribution is -0.386. The Balaban J connectivity index is 2.28. The fourth-order valence-electron chi connectivity index (χ4n) is 1.46. The van der Waals surface area contributed by atoms with Crippen LogP contribution in [0.25, 0.3) is 0 Å². The highest BCUT2D eigenvalue weighted by Gasteiger charge is 2.19. The van der Waals surface area contributed by atoms with Crippen LogP contribution in [0.15, 0.2) is 41.1 Å². The summed E-state index contributed by atoms with van der Waals surface area (Å²) in [6.45, 7) is -3.17. The van der Waals surface area contributed by atoms with Crippen molar-refractivity contribution in [3.05, 3.63) is 51.2 Å². The number of hydrogen-bond donors (Lipinski definition) is 0. The van der Waals surface area contributed by atoms with Crippen molar-refractivity contribution in [2.24, 2.45) is 0 Å². The second-order valence-corrected chi connectivity index (χ2v) is 4.50. The van der Waals surface area contributed by atoms with Crippen molar-refractivity contribution in [2.75, 3.05) is 0 Å². The van der Waals surface area contributed by atoms with Crippen LogP contribution in [-0.4, -0.2) is 16.5 Å². The summed E-state index contributed by atoms with van der Waals surface area (Å²) >= 11 is 3.15. The highest BCUT2D eigenvalue weighted by molar-refractivity contribution is 9.10. The summed E-state index contributed by atoms with van der Waals surface area (Å²) in [6, 6.07) is 6.54. The van der Waals surface area contributed by atoms with Crippen LogP contribution in [0.1, 0.15) is 0 Å². The molecule has 2 rings (SSSR count). The van der Waals surface area contributed by atoms with E-state index >= 15 is 0 Å². The molecule has 0 radical (unpaired) electrons. The van der Waals surface area contributed by atoms with Gasteiger partial charge >= 0.3 is 12.3 Å². The molecule has 1 heterocycles. The van der Waals surface area contributed by atoms with Gasteiger partial charge in [0.25, 0.3) is 0 Å². The molecule has 0 fully saturated rings. The van der Waals surface area contributed by atoms with E-state index in [9.17, 15) is 18.9 Å². The van der Waals surface area contributed by atoms with Crippen molar-refractivity contribution < 1.29 is 23.2 Å². The van der Waals surface area contributed by atoms with Crippen LogP contribution in [0, 0.1) is 10.1 Å². The van der Waals surface area contributed by atoms with E-state index in [1.54, 1.807) is 12.1 Å². The molecule has 0 aliphatic carbocycles. The minimum absolute atomic E-state index is 0.111. The van der Waals surface area contributed by atoms with Crippen molar-refractivity contribution in [2.45, 2.75) is 6.61 Å². The van der Waals surface area contributed by atoms with E-state index in [1.807, 2.05) is 0 Å². The number of alkyl halides is 2. The normalized spacial score (nSPS) is 10.5. The molecule has 0 aliphatic rings. The molecule has 0 saturated heterocycles. The van der Waals surface area contributed by atoms with E-state index < -0.39 is 23.0 Å². The third-order valence-electron chi connectivity index (χ3n) is 2.28. The summed E-state index contributed by atoms with van der Waals surface area (Å²) in [5, 5.41) is 10.7. The minimum Gasteiger partial charge on any atom is -0.456 e. The molecule has 0 aliphatic heterocycles. The van der Waals surface area contributed by atoms with Gasteiger partial charge < -0.3 is 9.47 Å². The van der Waals surface area contributed by atoms with Crippen molar-refractivity contribution in [3.63, 3.8) is 0 Å². The fourth-order valence-corrected chi connectivity index (χ4v) is 1.69. The Kier molecular flexibility index (Phi) is 4.63. The third kappa shape index (κ3) is 4.09. The molecule has 1 aromatic carbocycles. The van der Waals surface area contributed by atoms with E-state index in [2.05, 4.69) is 25.7 Å². The van der Waals surface area contributed by atoms with E-state index in [4.69, 9.17) is 4.74 Å². The van der Waals surface area contributed by atoms with Gasteiger partial charge in [-0.2, -0.15) is 8.78 Å². The third-order valence-corrected chi connectivity index (χ3v) is 2.75. The molecule has 6 nitrogen and oxygen atoms in total. The smallest absolute Gasteiger partial charge is 0.387 e. The second-order valence-electron chi connectivity index (χ2n) is 3.68. The van der Waals surface area contributed by atoms with E-state index in [-0.39, 0.29) is 5.75 Å². The van der Waals surface area contributed by atoms with Crippen molar-refractivity contribution >= 4 is 21.6 Å². The molecular weight excluding hydrogens is 354 g/mol. The summed E-state index contributed by atoms with van der Waals surface area (Å²) in [5.74, 6) is -0.118. The quantitative estimate of drug-likeness (QED) is 0.455. The Labute approximate surface area is 125 Å². The predicted octanol–water partition coefficient (Wildman–Crippen LogP) is 4.15. The van der Waals surface area contributed by atoms with Gasteiger partial charge in [0.1, 0.15) is 16.1 Å². The highest BCUT2D eigenvalue weighted by Crippen LogP contribution is 2.34. The molecule has 21 heavy (non-hydrogen) atoms. The largest absolute Gasteiger partial charge is 0.456 e. The molecule has 2 aromatic rings. The lowest BCUT2D eigenvalue weighted by Crippen LogP contribution is -2.04. The number of nitrogens with zero attached hydrogens (tertiary/aromatic N) is 2.